The Morgan fingerprint density at radius 1 is 1.05 bits per heavy atom. The van der Waals surface area contributed by atoms with Gasteiger partial charge in [0.1, 0.15) is 13.2 Å². The van der Waals surface area contributed by atoms with E-state index in [2.05, 4.69) is 4.52 Å². The summed E-state index contributed by atoms with van der Waals surface area (Å²) < 4.78 is 15.7. The van der Waals surface area contributed by atoms with Gasteiger partial charge in [-0.2, -0.15) is 0 Å². The van der Waals surface area contributed by atoms with Gasteiger partial charge in [-0.15, -0.1) is 0 Å². The van der Waals surface area contributed by atoms with Gasteiger partial charge in [0.05, 0.1) is 0 Å². The van der Waals surface area contributed by atoms with Crippen LogP contribution >= 0.6 is 7.82 Å². The lowest BCUT2D eigenvalue weighted by Crippen LogP contribution is -2.62. The van der Waals surface area contributed by atoms with Crippen molar-refractivity contribution in [3.05, 3.63) is 0 Å². The van der Waals surface area contributed by atoms with Crippen LogP contribution in [0.4, 0.5) is 0 Å². The van der Waals surface area contributed by atoms with Gasteiger partial charge in [0.2, 0.25) is 17.7 Å². The van der Waals surface area contributed by atoms with Gasteiger partial charge in [-0.25, -0.2) is 9.09 Å². The number of hydrogen-bond donors (Lipinski definition) is 6. The molecule has 0 aliphatic heterocycles. The second-order valence-corrected chi connectivity index (χ2v) is 5.80. The lowest BCUT2D eigenvalue weighted by atomic mass is 10.1. The van der Waals surface area contributed by atoms with Crippen LogP contribution in [0.2, 0.25) is 0 Å². The standard InChI is InChI=1S/C11H23N2O8P/c1-2-3-4-5-6-11(12-9(16)7-14,13-10(17)8-15)21-22(18,19)20/h14-15H,2-8H2,1H3,(H,12,16)(H,13,17)(H2,18,19,20). The fraction of sp³-hybridized carbons (Fsp3) is 0.818. The van der Waals surface area contributed by atoms with Crippen LogP contribution in [0, 0.1) is 0 Å². The van der Waals surface area contributed by atoms with Gasteiger partial charge in [-0.1, -0.05) is 26.2 Å². The lowest BCUT2D eigenvalue weighted by Gasteiger charge is -2.34. The van der Waals surface area contributed by atoms with Crippen LogP contribution in [0.5, 0.6) is 0 Å². The Kier molecular flexibility index (Phi) is 9.42. The minimum absolute atomic E-state index is 0.143. The number of nitrogens with one attached hydrogen (secondary N) is 2. The SMILES string of the molecule is CCCCCCC(NC(=O)CO)(NC(=O)CO)OP(=O)(O)O. The van der Waals surface area contributed by atoms with E-state index in [0.29, 0.717) is 12.8 Å². The topological polar surface area (TPSA) is 165 Å². The Hall–Kier alpha value is -1.03. The number of phosphoric ester groups is 1. The Bertz CT molecular complexity index is 393. The smallest absolute Gasteiger partial charge is 0.387 e. The van der Waals surface area contributed by atoms with Crippen molar-refractivity contribution in [3.8, 4) is 0 Å². The summed E-state index contributed by atoms with van der Waals surface area (Å²) >= 11 is 0. The summed E-state index contributed by atoms with van der Waals surface area (Å²) in [5.41, 5.74) is 0. The normalized spacial score (nSPS) is 12.0. The Morgan fingerprint density at radius 2 is 1.55 bits per heavy atom. The van der Waals surface area contributed by atoms with E-state index < -0.39 is 38.7 Å². The first-order chi connectivity index (χ1) is 10.2. The highest BCUT2D eigenvalue weighted by molar-refractivity contribution is 7.46. The van der Waals surface area contributed by atoms with Crippen LogP contribution in [0.3, 0.4) is 0 Å². The molecule has 0 aromatic rings. The van der Waals surface area contributed by atoms with Crippen molar-refractivity contribution in [3.63, 3.8) is 0 Å². The van der Waals surface area contributed by atoms with Crippen molar-refractivity contribution in [1.29, 1.82) is 0 Å². The van der Waals surface area contributed by atoms with E-state index in [-0.39, 0.29) is 6.42 Å². The second-order valence-electron chi connectivity index (χ2n) is 4.63. The number of phosphoric acid groups is 1. The molecule has 6 N–H and O–H groups in total. The average molecular weight is 342 g/mol. The Balaban J connectivity index is 5.23. The third kappa shape index (κ3) is 9.08. The van der Waals surface area contributed by atoms with Gasteiger partial charge in [0.25, 0.3) is 0 Å². The molecule has 0 bridgehead atoms. The van der Waals surface area contributed by atoms with Crippen LogP contribution in [0.1, 0.15) is 39.0 Å². The highest BCUT2D eigenvalue weighted by atomic mass is 31.2. The van der Waals surface area contributed by atoms with E-state index in [1.54, 1.807) is 0 Å². The molecule has 0 rings (SSSR count). The molecule has 0 saturated carbocycles. The lowest BCUT2D eigenvalue weighted by molar-refractivity contribution is -0.141. The van der Waals surface area contributed by atoms with Crippen molar-refractivity contribution in [1.82, 2.24) is 10.6 Å². The molecule has 0 unspecified atom stereocenters. The first-order valence-corrected chi connectivity index (χ1v) is 8.31. The summed E-state index contributed by atoms with van der Waals surface area (Å²) in [6.45, 7) is 0.0346. The average Bonchev–Trinajstić information content (AvgIpc) is 2.41. The summed E-state index contributed by atoms with van der Waals surface area (Å²) in [5, 5.41) is 21.6. The Labute approximate surface area is 128 Å². The maximum Gasteiger partial charge on any atom is 0.473 e. The van der Waals surface area contributed by atoms with Crippen molar-refractivity contribution < 1.29 is 38.7 Å². The minimum Gasteiger partial charge on any atom is -0.387 e. The van der Waals surface area contributed by atoms with Crippen LogP contribution in [0.25, 0.3) is 0 Å². The zero-order chi connectivity index (χ0) is 17.2. The third-order valence-corrected chi connectivity index (χ3v) is 3.18. The summed E-state index contributed by atoms with van der Waals surface area (Å²) in [4.78, 5) is 40.7. The van der Waals surface area contributed by atoms with Gasteiger partial charge < -0.3 is 30.6 Å². The molecule has 0 aliphatic rings. The van der Waals surface area contributed by atoms with Crippen LogP contribution in [-0.2, 0) is 18.7 Å². The minimum atomic E-state index is -5.07. The quantitative estimate of drug-likeness (QED) is 0.157. The number of carbonyl (C=O) groups excluding carboxylic acids is 2. The number of rotatable bonds is 11. The highest BCUT2D eigenvalue weighted by Crippen LogP contribution is 2.41. The first kappa shape index (κ1) is 21.0. The third-order valence-electron chi connectivity index (χ3n) is 2.63. The zero-order valence-electron chi connectivity index (χ0n) is 12.3. The molecule has 11 heteroatoms. The fourth-order valence-electron chi connectivity index (χ4n) is 1.78. The fourth-order valence-corrected chi connectivity index (χ4v) is 2.37. The maximum absolute atomic E-state index is 11.4. The number of unbranched alkanes of at least 4 members (excludes halogenated alkanes) is 3. The van der Waals surface area contributed by atoms with Crippen LogP contribution in [-0.4, -0.2) is 50.9 Å². The molecule has 0 saturated heterocycles. The molecule has 0 radical (unpaired) electrons. The predicted octanol–water partition coefficient (Wildman–Crippen LogP) is -1.06. The van der Waals surface area contributed by atoms with Crippen LogP contribution < -0.4 is 10.6 Å². The van der Waals surface area contributed by atoms with Gasteiger partial charge >= 0.3 is 7.82 Å². The van der Waals surface area contributed by atoms with Gasteiger partial charge in [-0.3, -0.25) is 9.59 Å². The van der Waals surface area contributed by atoms with E-state index in [1.807, 2.05) is 17.6 Å². The summed E-state index contributed by atoms with van der Waals surface area (Å²) in [6, 6.07) is 0. The second kappa shape index (κ2) is 9.88. The molecular weight excluding hydrogens is 319 g/mol. The van der Waals surface area contributed by atoms with Crippen LogP contribution in [0.15, 0.2) is 0 Å². The van der Waals surface area contributed by atoms with Gasteiger partial charge in [-0.05, 0) is 6.42 Å². The monoisotopic (exact) mass is 342 g/mol. The molecule has 0 spiro atoms. The van der Waals surface area contributed by atoms with E-state index in [1.165, 1.54) is 0 Å². The van der Waals surface area contributed by atoms with E-state index in [0.717, 1.165) is 12.8 Å². The molecule has 0 heterocycles. The van der Waals surface area contributed by atoms with Crippen molar-refractivity contribution in [2.45, 2.75) is 44.9 Å². The summed E-state index contributed by atoms with van der Waals surface area (Å²) in [5.74, 6) is -4.20. The predicted molar refractivity (Wildman–Crippen MR) is 75.1 cm³/mol. The van der Waals surface area contributed by atoms with Crippen molar-refractivity contribution in [2.75, 3.05) is 13.2 Å². The summed E-state index contributed by atoms with van der Waals surface area (Å²) in [7, 11) is -5.07. The van der Waals surface area contributed by atoms with E-state index in [9.17, 15) is 14.2 Å². The largest absolute Gasteiger partial charge is 0.473 e. The highest BCUT2D eigenvalue weighted by Gasteiger charge is 2.40. The van der Waals surface area contributed by atoms with E-state index in [4.69, 9.17) is 20.0 Å². The van der Waals surface area contributed by atoms with E-state index >= 15 is 0 Å². The number of hydrogen-bond acceptors (Lipinski definition) is 6. The van der Waals surface area contributed by atoms with Crippen molar-refractivity contribution >= 4 is 19.6 Å². The molecule has 0 atom stereocenters. The maximum atomic E-state index is 11.4. The molecule has 10 nitrogen and oxygen atoms in total. The summed E-state index contributed by atoms with van der Waals surface area (Å²) in [6.07, 6.45) is 2.65. The molecule has 22 heavy (non-hydrogen) atoms. The van der Waals surface area contributed by atoms with Gasteiger partial charge in [0, 0.05) is 6.42 Å². The number of aliphatic hydroxyl groups is 2. The number of carbonyl (C=O) groups is 2. The number of amides is 2. The van der Waals surface area contributed by atoms with Gasteiger partial charge in [0.15, 0.2) is 0 Å². The van der Waals surface area contributed by atoms with Crippen molar-refractivity contribution in [2.24, 2.45) is 0 Å². The molecular formula is C11H23N2O8P. The Morgan fingerprint density at radius 3 is 1.91 bits per heavy atom. The molecule has 2 amide bonds. The molecule has 130 valence electrons. The molecule has 0 aliphatic carbocycles. The molecule has 0 aromatic carbocycles. The molecule has 0 aromatic heterocycles. The number of aliphatic hydroxyl groups excluding tert-OH is 2. The zero-order valence-corrected chi connectivity index (χ0v) is 13.2. The first-order valence-electron chi connectivity index (χ1n) is 6.78. The molecule has 0 fully saturated rings.